The zero-order chi connectivity index (χ0) is 20.6. The van der Waals surface area contributed by atoms with Gasteiger partial charge in [0.1, 0.15) is 0 Å². The quantitative estimate of drug-likeness (QED) is 0.294. The summed E-state index contributed by atoms with van der Waals surface area (Å²) in [5.74, 6) is 6.78. The van der Waals surface area contributed by atoms with Gasteiger partial charge in [-0.2, -0.15) is 0 Å². The van der Waals surface area contributed by atoms with Gasteiger partial charge in [-0.1, -0.05) is 101 Å². The molecule has 0 aliphatic rings. The molecule has 0 N–H and O–H groups in total. The average molecular weight is 406 g/mol. The molecule has 28 heavy (non-hydrogen) atoms. The highest BCUT2D eigenvalue weighted by molar-refractivity contribution is 7.48. The first-order valence-electron chi connectivity index (χ1n) is 9.86. The molecule has 146 valence electrons. The summed E-state index contributed by atoms with van der Waals surface area (Å²) in [5.41, 5.74) is 12.0. The molecule has 0 saturated heterocycles. The number of hydrogen-bond donors (Lipinski definition) is 0. The second kappa shape index (κ2) is 10.3. The topological polar surface area (TPSA) is 0 Å². The summed E-state index contributed by atoms with van der Waals surface area (Å²) in [6, 6.07) is 17.0. The summed E-state index contributed by atoms with van der Waals surface area (Å²) in [4.78, 5) is 0. The molecule has 2 heteroatoms. The number of rotatable bonds is 3. The second-order valence-electron chi connectivity index (χ2n) is 8.94. The molecule has 0 fully saturated rings. The van der Waals surface area contributed by atoms with Crippen molar-refractivity contribution in [2.75, 3.05) is 12.3 Å². The summed E-state index contributed by atoms with van der Waals surface area (Å²) in [6.07, 6.45) is 2.28. The van der Waals surface area contributed by atoms with Gasteiger partial charge >= 0.3 is 0 Å². The lowest BCUT2D eigenvalue weighted by atomic mass is 9.84. The SMILES string of the molecule is CC(C)(C)c1ccccc1C#CPCCPC#Cc1ccccc1C(C)(C)C. The Morgan fingerprint density at radius 3 is 1.32 bits per heavy atom. The van der Waals surface area contributed by atoms with Gasteiger partial charge < -0.3 is 0 Å². The van der Waals surface area contributed by atoms with Gasteiger partial charge in [0.2, 0.25) is 0 Å². The van der Waals surface area contributed by atoms with E-state index < -0.39 is 0 Å². The molecule has 2 rings (SSSR count). The molecule has 0 heterocycles. The molecular formula is C26H32P2. The third-order valence-electron chi connectivity index (χ3n) is 4.42. The van der Waals surface area contributed by atoms with Gasteiger partial charge in [-0.3, -0.25) is 0 Å². The Morgan fingerprint density at radius 2 is 0.964 bits per heavy atom. The van der Waals surface area contributed by atoms with E-state index in [1.165, 1.54) is 22.3 Å². The van der Waals surface area contributed by atoms with Gasteiger partial charge in [0.15, 0.2) is 0 Å². The molecule has 0 bridgehead atoms. The van der Waals surface area contributed by atoms with E-state index in [0.29, 0.717) is 17.2 Å². The first-order valence-corrected chi connectivity index (χ1v) is 12.3. The van der Waals surface area contributed by atoms with Crippen molar-refractivity contribution in [3.8, 4) is 23.2 Å². The maximum atomic E-state index is 3.39. The summed E-state index contributed by atoms with van der Waals surface area (Å²) in [7, 11) is 1.36. The van der Waals surface area contributed by atoms with Crippen molar-refractivity contribution < 1.29 is 0 Å². The standard InChI is InChI=1S/C26H32P2/c1-25(2,3)23-13-9-7-11-21(23)15-17-27-19-20-28-18-16-22-12-8-10-14-24(22)26(4,5)6/h7-14,27-28H,19-20H2,1-6H3. The van der Waals surface area contributed by atoms with Crippen LogP contribution in [-0.2, 0) is 10.8 Å². The third-order valence-corrected chi connectivity index (χ3v) is 6.52. The largest absolute Gasteiger partial charge is 0.0746 e. The summed E-state index contributed by atoms with van der Waals surface area (Å²) in [5, 5.41) is 0. The van der Waals surface area contributed by atoms with E-state index >= 15 is 0 Å². The fraction of sp³-hybridized carbons (Fsp3) is 0.385. The van der Waals surface area contributed by atoms with Crippen LogP contribution in [0.1, 0.15) is 63.8 Å². The van der Waals surface area contributed by atoms with Gasteiger partial charge in [-0.15, -0.1) is 0 Å². The molecule has 0 radical (unpaired) electrons. The Balaban J connectivity index is 1.86. The van der Waals surface area contributed by atoms with Crippen LogP contribution in [0.3, 0.4) is 0 Å². The molecule has 2 aromatic rings. The summed E-state index contributed by atoms with van der Waals surface area (Å²) in [6.45, 7) is 13.5. The van der Waals surface area contributed by atoms with Crippen LogP contribution in [0.25, 0.3) is 0 Å². The lowest BCUT2D eigenvalue weighted by Gasteiger charge is -2.20. The van der Waals surface area contributed by atoms with Gasteiger partial charge in [0, 0.05) is 11.1 Å². The van der Waals surface area contributed by atoms with Crippen molar-refractivity contribution in [3.05, 3.63) is 70.8 Å². The Morgan fingerprint density at radius 1 is 0.607 bits per heavy atom. The van der Waals surface area contributed by atoms with E-state index in [9.17, 15) is 0 Å². The third kappa shape index (κ3) is 7.10. The molecule has 2 aromatic carbocycles. The zero-order valence-corrected chi connectivity index (χ0v) is 20.0. The molecule has 0 aliphatic heterocycles. The van der Waals surface area contributed by atoms with Crippen molar-refractivity contribution in [2.45, 2.75) is 52.4 Å². The van der Waals surface area contributed by atoms with Crippen LogP contribution < -0.4 is 0 Å². The van der Waals surface area contributed by atoms with E-state index in [0.717, 1.165) is 12.3 Å². The Bertz CT molecular complexity index is 826. The summed E-state index contributed by atoms with van der Waals surface area (Å²) >= 11 is 0. The van der Waals surface area contributed by atoms with E-state index in [1.807, 2.05) is 0 Å². The van der Waals surface area contributed by atoms with E-state index in [-0.39, 0.29) is 10.8 Å². The van der Waals surface area contributed by atoms with Crippen LogP contribution in [-0.4, -0.2) is 12.3 Å². The van der Waals surface area contributed by atoms with E-state index in [2.05, 4.69) is 113 Å². The fourth-order valence-electron chi connectivity index (χ4n) is 2.97. The first kappa shape index (κ1) is 22.7. The van der Waals surface area contributed by atoms with Crippen LogP contribution in [0.4, 0.5) is 0 Å². The lowest BCUT2D eigenvalue weighted by Crippen LogP contribution is -2.12. The predicted octanol–water partition coefficient (Wildman–Crippen LogP) is 6.96. The maximum Gasteiger partial charge on any atom is 0.0285 e. The van der Waals surface area contributed by atoms with Crippen LogP contribution in [0.15, 0.2) is 48.5 Å². The molecule has 0 nitrogen and oxygen atoms in total. The molecule has 0 aliphatic carbocycles. The molecule has 0 aromatic heterocycles. The molecule has 0 amide bonds. The van der Waals surface area contributed by atoms with Crippen LogP contribution in [0.2, 0.25) is 0 Å². The highest BCUT2D eigenvalue weighted by Crippen LogP contribution is 2.26. The van der Waals surface area contributed by atoms with Crippen molar-refractivity contribution in [3.63, 3.8) is 0 Å². The second-order valence-corrected chi connectivity index (χ2v) is 11.2. The highest BCUT2D eigenvalue weighted by atomic mass is 31.1. The molecule has 2 unspecified atom stereocenters. The number of hydrogen-bond acceptors (Lipinski definition) is 0. The highest BCUT2D eigenvalue weighted by Gasteiger charge is 2.16. The summed E-state index contributed by atoms with van der Waals surface area (Å²) < 4.78 is 0. The molecule has 2 atom stereocenters. The average Bonchev–Trinajstić information content (AvgIpc) is 2.63. The Labute approximate surface area is 175 Å². The van der Waals surface area contributed by atoms with Crippen LogP contribution >= 0.6 is 17.2 Å². The normalized spacial score (nSPS) is 12.1. The van der Waals surface area contributed by atoms with Crippen LogP contribution in [0.5, 0.6) is 0 Å². The molecule has 0 spiro atoms. The van der Waals surface area contributed by atoms with Crippen molar-refractivity contribution in [1.82, 2.24) is 0 Å². The molecular weight excluding hydrogens is 374 g/mol. The number of benzene rings is 2. The Hall–Kier alpha value is -1.58. The minimum absolute atomic E-state index is 0.134. The predicted molar refractivity (Wildman–Crippen MR) is 130 cm³/mol. The van der Waals surface area contributed by atoms with Crippen molar-refractivity contribution >= 4 is 17.2 Å². The molecule has 0 saturated carbocycles. The smallest absolute Gasteiger partial charge is 0.0285 e. The lowest BCUT2D eigenvalue weighted by molar-refractivity contribution is 0.588. The maximum absolute atomic E-state index is 3.39. The minimum Gasteiger partial charge on any atom is -0.0746 e. The van der Waals surface area contributed by atoms with Crippen molar-refractivity contribution in [1.29, 1.82) is 0 Å². The zero-order valence-electron chi connectivity index (χ0n) is 18.0. The van der Waals surface area contributed by atoms with Gasteiger partial charge in [0.05, 0.1) is 0 Å². The van der Waals surface area contributed by atoms with Gasteiger partial charge in [0.25, 0.3) is 0 Å². The minimum atomic E-state index is 0.134. The van der Waals surface area contributed by atoms with E-state index in [4.69, 9.17) is 0 Å². The Kier molecular flexibility index (Phi) is 8.33. The van der Waals surface area contributed by atoms with E-state index in [1.54, 1.807) is 0 Å². The van der Waals surface area contributed by atoms with Crippen molar-refractivity contribution in [2.24, 2.45) is 0 Å². The monoisotopic (exact) mass is 406 g/mol. The first-order chi connectivity index (χ1) is 13.2. The van der Waals surface area contributed by atoms with Gasteiger partial charge in [-0.25, -0.2) is 0 Å². The van der Waals surface area contributed by atoms with Crippen LogP contribution in [0, 0.1) is 23.2 Å². The fourth-order valence-corrected chi connectivity index (χ4v) is 4.66. The van der Waals surface area contributed by atoms with Gasteiger partial charge in [-0.05, 0) is 63.6 Å².